The third-order valence-corrected chi connectivity index (χ3v) is 4.69. The van der Waals surface area contributed by atoms with E-state index in [1.54, 1.807) is 0 Å². The zero-order valence-electron chi connectivity index (χ0n) is 14.6. The Morgan fingerprint density at radius 3 is 2.96 bits per heavy atom. The Morgan fingerprint density at radius 1 is 1.42 bits per heavy atom. The van der Waals surface area contributed by atoms with Gasteiger partial charge in [0.05, 0.1) is 18.3 Å². The van der Waals surface area contributed by atoms with Crippen molar-refractivity contribution in [2.24, 2.45) is 0 Å². The molecular formula is C19H25N3O2. The summed E-state index contributed by atoms with van der Waals surface area (Å²) in [6.07, 6.45) is 2.30. The predicted octanol–water partition coefficient (Wildman–Crippen LogP) is 3.55. The number of para-hydroxylation sites is 1. The van der Waals surface area contributed by atoms with Crippen molar-refractivity contribution in [2.45, 2.75) is 52.0 Å². The second kappa shape index (κ2) is 7.07. The van der Waals surface area contributed by atoms with Gasteiger partial charge < -0.3 is 10.1 Å². The number of carbonyl (C=O) groups is 1. The van der Waals surface area contributed by atoms with Gasteiger partial charge in [-0.2, -0.15) is 5.10 Å². The lowest BCUT2D eigenvalue weighted by Crippen LogP contribution is -2.29. The fourth-order valence-electron chi connectivity index (χ4n) is 3.59. The van der Waals surface area contributed by atoms with Gasteiger partial charge in [0.15, 0.2) is 0 Å². The maximum Gasteiger partial charge on any atom is 0.221 e. The van der Waals surface area contributed by atoms with Gasteiger partial charge in [-0.1, -0.05) is 25.1 Å². The molecule has 1 aromatic heterocycles. The first-order chi connectivity index (χ1) is 11.6. The van der Waals surface area contributed by atoms with E-state index in [1.807, 2.05) is 38.1 Å². The van der Waals surface area contributed by atoms with Crippen LogP contribution in [-0.4, -0.2) is 22.7 Å². The third kappa shape index (κ3) is 3.45. The topological polar surface area (TPSA) is 67.0 Å². The van der Waals surface area contributed by atoms with Crippen LogP contribution in [0.2, 0.25) is 0 Å². The first-order valence-electron chi connectivity index (χ1n) is 8.58. The lowest BCUT2D eigenvalue weighted by atomic mass is 9.95. The van der Waals surface area contributed by atoms with E-state index in [0.717, 1.165) is 41.1 Å². The van der Waals surface area contributed by atoms with E-state index in [-0.39, 0.29) is 17.9 Å². The van der Waals surface area contributed by atoms with Crippen LogP contribution in [0.25, 0.3) is 0 Å². The summed E-state index contributed by atoms with van der Waals surface area (Å²) < 4.78 is 5.77. The molecule has 1 aromatic carbocycles. The quantitative estimate of drug-likeness (QED) is 0.902. The summed E-state index contributed by atoms with van der Waals surface area (Å²) in [6, 6.07) is 8.00. The number of carbonyl (C=O) groups excluding carboxylic acids is 1. The number of ether oxygens (including phenoxy) is 1. The Hall–Kier alpha value is -2.30. The number of fused-ring (bicyclic) bond motifs is 1. The molecule has 0 bridgehead atoms. The van der Waals surface area contributed by atoms with Gasteiger partial charge in [0, 0.05) is 17.7 Å². The highest BCUT2D eigenvalue weighted by Crippen LogP contribution is 2.32. The van der Waals surface area contributed by atoms with Crippen molar-refractivity contribution >= 4 is 5.91 Å². The lowest BCUT2D eigenvalue weighted by molar-refractivity contribution is -0.122. The second-order valence-electron chi connectivity index (χ2n) is 6.60. The van der Waals surface area contributed by atoms with Crippen molar-refractivity contribution in [3.05, 3.63) is 46.8 Å². The minimum absolute atomic E-state index is 0.0231. The number of H-pyrrole nitrogens is 1. The van der Waals surface area contributed by atoms with Crippen LogP contribution in [0.5, 0.6) is 5.75 Å². The lowest BCUT2D eigenvalue weighted by Gasteiger charge is -2.20. The van der Waals surface area contributed by atoms with E-state index in [1.165, 1.54) is 0 Å². The van der Waals surface area contributed by atoms with Gasteiger partial charge in [-0.05, 0) is 44.2 Å². The number of nitrogens with zero attached hydrogens (tertiary/aromatic N) is 1. The summed E-state index contributed by atoms with van der Waals surface area (Å²) in [5, 5.41) is 10.4. The van der Waals surface area contributed by atoms with Crippen LogP contribution >= 0.6 is 0 Å². The van der Waals surface area contributed by atoms with Crippen molar-refractivity contribution < 1.29 is 9.53 Å². The number of aromatic nitrogens is 2. The highest BCUT2D eigenvalue weighted by molar-refractivity contribution is 5.77. The first-order valence-corrected chi connectivity index (χ1v) is 8.58. The third-order valence-electron chi connectivity index (χ3n) is 4.69. The zero-order valence-corrected chi connectivity index (χ0v) is 14.6. The summed E-state index contributed by atoms with van der Waals surface area (Å²) >= 11 is 0. The van der Waals surface area contributed by atoms with Gasteiger partial charge in [0.2, 0.25) is 5.91 Å². The second-order valence-corrected chi connectivity index (χ2v) is 6.60. The van der Waals surface area contributed by atoms with Crippen LogP contribution < -0.4 is 10.1 Å². The normalized spacial score (nSPS) is 18.2. The van der Waals surface area contributed by atoms with Crippen LogP contribution in [0.15, 0.2) is 24.3 Å². The fourth-order valence-corrected chi connectivity index (χ4v) is 3.59. The number of aryl methyl sites for hydroxylation is 2. The molecule has 2 atom stereocenters. The molecule has 2 N–H and O–H groups in total. The molecule has 5 nitrogen and oxygen atoms in total. The molecule has 128 valence electrons. The Kier molecular flexibility index (Phi) is 4.88. The minimum Gasteiger partial charge on any atom is -0.493 e. The number of nitrogens with one attached hydrogen (secondary N) is 2. The number of hydrogen-bond donors (Lipinski definition) is 2. The van der Waals surface area contributed by atoms with Crippen LogP contribution in [-0.2, 0) is 4.79 Å². The molecule has 2 heterocycles. The first kappa shape index (κ1) is 16.6. The van der Waals surface area contributed by atoms with E-state index in [2.05, 4.69) is 22.4 Å². The van der Waals surface area contributed by atoms with Gasteiger partial charge in [-0.15, -0.1) is 0 Å². The molecular weight excluding hydrogens is 302 g/mol. The molecule has 0 spiro atoms. The van der Waals surface area contributed by atoms with E-state index >= 15 is 0 Å². The summed E-state index contributed by atoms with van der Waals surface area (Å²) in [7, 11) is 0. The molecule has 0 aliphatic carbocycles. The average Bonchev–Trinajstić information content (AvgIpc) is 2.77. The van der Waals surface area contributed by atoms with Gasteiger partial charge >= 0.3 is 0 Å². The van der Waals surface area contributed by atoms with Crippen LogP contribution in [0.1, 0.15) is 60.7 Å². The number of aromatic amines is 1. The highest BCUT2D eigenvalue weighted by atomic mass is 16.5. The van der Waals surface area contributed by atoms with Gasteiger partial charge in [-0.3, -0.25) is 9.89 Å². The van der Waals surface area contributed by atoms with Gasteiger partial charge in [-0.25, -0.2) is 0 Å². The Bertz CT molecular complexity index is 704. The highest BCUT2D eigenvalue weighted by Gasteiger charge is 2.23. The monoisotopic (exact) mass is 327 g/mol. The Labute approximate surface area is 142 Å². The maximum atomic E-state index is 12.6. The zero-order chi connectivity index (χ0) is 17.1. The SMILES string of the molecule is Cc1n[nH]c(C)c1[C@H](C)CC(=O)N[C@@H]1CCCOc2ccccc21. The minimum atomic E-state index is 0.0231. The van der Waals surface area contributed by atoms with Crippen molar-refractivity contribution in [1.29, 1.82) is 0 Å². The van der Waals surface area contributed by atoms with Crippen LogP contribution in [0.4, 0.5) is 0 Å². The molecule has 24 heavy (non-hydrogen) atoms. The molecule has 0 saturated carbocycles. The summed E-state index contributed by atoms with van der Waals surface area (Å²) in [5.74, 6) is 1.10. The van der Waals surface area contributed by atoms with E-state index in [0.29, 0.717) is 13.0 Å². The molecule has 5 heteroatoms. The van der Waals surface area contributed by atoms with Crippen molar-refractivity contribution in [3.63, 3.8) is 0 Å². The number of amides is 1. The predicted molar refractivity (Wildman–Crippen MR) is 93.1 cm³/mol. The molecule has 0 fully saturated rings. The summed E-state index contributed by atoms with van der Waals surface area (Å²) in [4.78, 5) is 12.6. The van der Waals surface area contributed by atoms with Crippen molar-refractivity contribution in [2.75, 3.05) is 6.61 Å². The summed E-state index contributed by atoms with van der Waals surface area (Å²) in [5.41, 5.74) is 4.24. The molecule has 0 saturated heterocycles. The van der Waals surface area contributed by atoms with Crippen LogP contribution in [0, 0.1) is 13.8 Å². The van der Waals surface area contributed by atoms with Crippen molar-refractivity contribution in [3.8, 4) is 5.75 Å². The van der Waals surface area contributed by atoms with E-state index in [9.17, 15) is 4.79 Å². The van der Waals surface area contributed by atoms with Gasteiger partial charge in [0.25, 0.3) is 0 Å². The Morgan fingerprint density at radius 2 is 2.21 bits per heavy atom. The number of rotatable bonds is 4. The molecule has 0 unspecified atom stereocenters. The largest absolute Gasteiger partial charge is 0.493 e. The maximum absolute atomic E-state index is 12.6. The molecule has 2 aromatic rings. The molecule has 1 aliphatic rings. The molecule has 1 aliphatic heterocycles. The Balaban J connectivity index is 1.69. The molecule has 1 amide bonds. The average molecular weight is 327 g/mol. The smallest absolute Gasteiger partial charge is 0.221 e. The number of benzene rings is 1. The number of hydrogen-bond acceptors (Lipinski definition) is 3. The standard InChI is InChI=1S/C19H25N3O2/c1-12(19-13(2)21-22-14(19)3)11-18(23)20-16-8-6-10-24-17-9-5-4-7-15(16)17/h4-5,7,9,12,16H,6,8,10-11H2,1-3H3,(H,20,23)(H,21,22)/t12-,16-/m1/s1. The van der Waals surface area contributed by atoms with E-state index in [4.69, 9.17) is 4.74 Å². The van der Waals surface area contributed by atoms with Crippen LogP contribution in [0.3, 0.4) is 0 Å². The summed E-state index contributed by atoms with van der Waals surface area (Å²) in [6.45, 7) is 6.76. The molecule has 3 rings (SSSR count). The van der Waals surface area contributed by atoms with E-state index < -0.39 is 0 Å². The molecule has 0 radical (unpaired) electrons. The fraction of sp³-hybridized carbons (Fsp3) is 0.474. The van der Waals surface area contributed by atoms with Gasteiger partial charge in [0.1, 0.15) is 5.75 Å². The van der Waals surface area contributed by atoms with Crippen molar-refractivity contribution in [1.82, 2.24) is 15.5 Å².